The smallest absolute Gasteiger partial charge is 0.355 e. The van der Waals surface area contributed by atoms with Gasteiger partial charge < -0.3 is 4.43 Å². The minimum atomic E-state index is -2.73. The number of hydrogen-bond acceptors (Lipinski definition) is 1. The van der Waals surface area contributed by atoms with E-state index in [0.29, 0.717) is 17.8 Å². The van der Waals surface area contributed by atoms with E-state index in [4.69, 9.17) is 15.5 Å². The molecule has 1 fully saturated rings. The molecule has 3 unspecified atom stereocenters. The molecular formula is C22H29ClOSi. The van der Waals surface area contributed by atoms with Crippen LogP contribution in [0.2, 0.25) is 0 Å². The van der Waals surface area contributed by atoms with Gasteiger partial charge in [-0.1, -0.05) is 87.9 Å². The van der Waals surface area contributed by atoms with Gasteiger partial charge in [0.2, 0.25) is 0 Å². The summed E-state index contributed by atoms with van der Waals surface area (Å²) in [5.41, 5.74) is 0. The van der Waals surface area contributed by atoms with Crippen molar-refractivity contribution in [1.29, 1.82) is 0 Å². The van der Waals surface area contributed by atoms with Crippen LogP contribution in [-0.4, -0.2) is 13.7 Å². The van der Waals surface area contributed by atoms with Crippen molar-refractivity contribution in [2.24, 2.45) is 17.8 Å². The summed E-state index contributed by atoms with van der Waals surface area (Å²) in [5, 5.41) is 2.28. The van der Waals surface area contributed by atoms with Gasteiger partial charge in [0.05, 0.1) is 6.10 Å². The van der Waals surface area contributed by atoms with Crippen LogP contribution in [0.5, 0.6) is 0 Å². The predicted molar refractivity (Wildman–Crippen MR) is 110 cm³/mol. The molecule has 1 aliphatic carbocycles. The first kappa shape index (κ1) is 18.7. The summed E-state index contributed by atoms with van der Waals surface area (Å²) in [6, 6.07) is 20.9. The molecule has 2 aromatic rings. The summed E-state index contributed by atoms with van der Waals surface area (Å²) in [7, 11) is -2.73. The van der Waals surface area contributed by atoms with E-state index in [1.54, 1.807) is 0 Å². The third-order valence-corrected chi connectivity index (χ3v) is 9.92. The second kappa shape index (κ2) is 8.07. The minimum Gasteiger partial charge on any atom is -0.393 e. The molecule has 0 heterocycles. The molecule has 0 N–H and O–H groups in total. The average Bonchev–Trinajstić information content (AvgIpc) is 2.63. The Morgan fingerprint density at radius 2 is 1.44 bits per heavy atom. The van der Waals surface area contributed by atoms with Gasteiger partial charge in [-0.2, -0.15) is 0 Å². The molecule has 25 heavy (non-hydrogen) atoms. The Morgan fingerprint density at radius 1 is 0.920 bits per heavy atom. The maximum atomic E-state index is 7.36. The van der Waals surface area contributed by atoms with E-state index in [1.165, 1.54) is 12.8 Å². The van der Waals surface area contributed by atoms with Crippen LogP contribution in [0.15, 0.2) is 60.7 Å². The van der Waals surface area contributed by atoms with Gasteiger partial charge in [-0.25, -0.2) is 0 Å². The quantitative estimate of drug-likeness (QED) is 0.532. The number of halogens is 1. The molecule has 3 rings (SSSR count). The van der Waals surface area contributed by atoms with E-state index in [2.05, 4.69) is 69.3 Å². The van der Waals surface area contributed by atoms with Gasteiger partial charge in [0.15, 0.2) is 0 Å². The zero-order valence-electron chi connectivity index (χ0n) is 15.5. The summed E-state index contributed by atoms with van der Waals surface area (Å²) in [4.78, 5) is 0. The molecule has 0 aliphatic heterocycles. The molecular weight excluding hydrogens is 344 g/mol. The van der Waals surface area contributed by atoms with Crippen molar-refractivity contribution >= 4 is 29.1 Å². The van der Waals surface area contributed by atoms with Crippen LogP contribution in [0.4, 0.5) is 0 Å². The van der Waals surface area contributed by atoms with Crippen LogP contribution < -0.4 is 10.4 Å². The summed E-state index contributed by atoms with van der Waals surface area (Å²) in [6.07, 6.45) is 3.91. The first-order valence-electron chi connectivity index (χ1n) is 9.48. The monoisotopic (exact) mass is 372 g/mol. The first-order valence-corrected chi connectivity index (χ1v) is 12.4. The van der Waals surface area contributed by atoms with Crippen LogP contribution in [-0.2, 0) is 4.43 Å². The summed E-state index contributed by atoms with van der Waals surface area (Å²) < 4.78 is 6.90. The van der Waals surface area contributed by atoms with Gasteiger partial charge in [-0.05, 0) is 41.0 Å². The molecule has 0 spiro atoms. The van der Waals surface area contributed by atoms with Crippen molar-refractivity contribution in [2.45, 2.75) is 46.1 Å². The molecule has 134 valence electrons. The highest BCUT2D eigenvalue weighted by atomic mass is 35.6. The van der Waals surface area contributed by atoms with Crippen molar-refractivity contribution in [2.75, 3.05) is 0 Å². The second-order valence-corrected chi connectivity index (χ2v) is 12.0. The lowest BCUT2D eigenvalue weighted by molar-refractivity contribution is 0.0455. The van der Waals surface area contributed by atoms with E-state index in [0.717, 1.165) is 16.8 Å². The second-order valence-electron chi connectivity index (χ2n) is 7.81. The molecule has 3 heteroatoms. The Balaban J connectivity index is 1.97. The zero-order valence-corrected chi connectivity index (χ0v) is 17.2. The molecule has 2 aromatic carbocycles. The summed E-state index contributed by atoms with van der Waals surface area (Å²) in [5.74, 6) is 1.93. The molecule has 1 saturated carbocycles. The van der Waals surface area contributed by atoms with E-state index >= 15 is 0 Å². The largest absolute Gasteiger partial charge is 0.393 e. The van der Waals surface area contributed by atoms with E-state index in [-0.39, 0.29) is 6.10 Å². The summed E-state index contributed by atoms with van der Waals surface area (Å²) in [6.45, 7) is 6.98. The average molecular weight is 373 g/mol. The van der Waals surface area contributed by atoms with E-state index in [9.17, 15) is 0 Å². The predicted octanol–water partition coefficient (Wildman–Crippen LogP) is 4.96. The van der Waals surface area contributed by atoms with Gasteiger partial charge >= 0.3 is 7.63 Å². The van der Waals surface area contributed by atoms with Crippen molar-refractivity contribution < 1.29 is 4.43 Å². The van der Waals surface area contributed by atoms with Gasteiger partial charge in [0, 0.05) is 0 Å². The molecule has 0 radical (unpaired) electrons. The molecule has 1 aliphatic rings. The first-order chi connectivity index (χ1) is 12.0. The lowest BCUT2D eigenvalue weighted by Crippen LogP contribution is -2.59. The Kier molecular flexibility index (Phi) is 6.03. The Labute approximate surface area is 158 Å². The third kappa shape index (κ3) is 4.19. The van der Waals surface area contributed by atoms with Gasteiger partial charge in [-0.3, -0.25) is 0 Å². The maximum Gasteiger partial charge on any atom is 0.355 e. The molecule has 3 atom stereocenters. The van der Waals surface area contributed by atoms with Gasteiger partial charge in [0.1, 0.15) is 0 Å². The molecule has 0 amide bonds. The zero-order chi connectivity index (χ0) is 17.9. The molecule has 0 bridgehead atoms. The third-order valence-electron chi connectivity index (χ3n) is 5.57. The fraction of sp³-hybridized carbons (Fsp3) is 0.455. The lowest BCUT2D eigenvalue weighted by atomic mass is 9.75. The highest BCUT2D eigenvalue weighted by Crippen LogP contribution is 2.37. The minimum absolute atomic E-state index is 0.244. The SMILES string of the molecule is CC1CCC(C(C)C)C(O[Si](Cl)(c2ccccc2)c2ccccc2)C1. The number of benzene rings is 2. The fourth-order valence-electron chi connectivity index (χ4n) is 4.07. The van der Waals surface area contributed by atoms with Gasteiger partial charge in [0.25, 0.3) is 0 Å². The highest BCUT2D eigenvalue weighted by molar-refractivity contribution is 7.30. The Hall–Kier alpha value is -1.09. The van der Waals surface area contributed by atoms with E-state index < -0.39 is 7.63 Å². The fourth-order valence-corrected chi connectivity index (χ4v) is 7.70. The lowest BCUT2D eigenvalue weighted by Gasteiger charge is -2.41. The molecule has 0 aromatic heterocycles. The molecule has 1 nitrogen and oxygen atoms in total. The van der Waals surface area contributed by atoms with Crippen molar-refractivity contribution in [3.63, 3.8) is 0 Å². The summed E-state index contributed by atoms with van der Waals surface area (Å²) >= 11 is 7.36. The Morgan fingerprint density at radius 3 is 1.92 bits per heavy atom. The van der Waals surface area contributed by atoms with Crippen molar-refractivity contribution in [3.05, 3.63) is 60.7 Å². The molecule has 0 saturated heterocycles. The van der Waals surface area contributed by atoms with Crippen molar-refractivity contribution in [1.82, 2.24) is 0 Å². The van der Waals surface area contributed by atoms with Crippen LogP contribution in [0.1, 0.15) is 40.0 Å². The van der Waals surface area contributed by atoms with Crippen LogP contribution in [0.25, 0.3) is 0 Å². The Bertz CT molecular complexity index is 619. The number of rotatable bonds is 5. The van der Waals surface area contributed by atoms with Crippen LogP contribution >= 0.6 is 11.1 Å². The van der Waals surface area contributed by atoms with Gasteiger partial charge in [-0.15, -0.1) is 11.1 Å². The standard InChI is InChI=1S/C22H29ClOSi/c1-17(2)21-15-14-18(3)16-22(21)24-25(23,19-10-6-4-7-11-19)20-12-8-5-9-13-20/h4-13,17-18,21-22H,14-16H2,1-3H3. The number of hydrogen-bond donors (Lipinski definition) is 0. The van der Waals surface area contributed by atoms with Crippen LogP contribution in [0, 0.1) is 17.8 Å². The maximum absolute atomic E-state index is 7.36. The van der Waals surface area contributed by atoms with E-state index in [1.807, 2.05) is 12.1 Å². The van der Waals surface area contributed by atoms with Crippen molar-refractivity contribution in [3.8, 4) is 0 Å². The normalized spacial score (nSPS) is 24.4. The van der Waals surface area contributed by atoms with Crippen LogP contribution in [0.3, 0.4) is 0 Å². The topological polar surface area (TPSA) is 9.23 Å². The highest BCUT2D eigenvalue weighted by Gasteiger charge is 2.43.